The van der Waals surface area contributed by atoms with E-state index in [0.29, 0.717) is 10.0 Å². The lowest BCUT2D eigenvalue weighted by Gasteiger charge is -2.06. The summed E-state index contributed by atoms with van der Waals surface area (Å²) in [6.07, 6.45) is 1.47. The first-order valence-electron chi connectivity index (χ1n) is 6.33. The molecule has 0 aliphatic heterocycles. The van der Waals surface area contributed by atoms with E-state index in [9.17, 15) is 4.79 Å². The number of methoxy groups -OCH3 is 1. The molecule has 0 unspecified atom stereocenters. The molecule has 0 radical (unpaired) electrons. The Bertz CT molecular complexity index is 688. The van der Waals surface area contributed by atoms with Crippen LogP contribution in [0.5, 0.6) is 0 Å². The van der Waals surface area contributed by atoms with Crippen molar-refractivity contribution in [2.75, 3.05) is 7.11 Å². The van der Waals surface area contributed by atoms with Crippen LogP contribution >= 0.6 is 23.2 Å². The Kier molecular flexibility index (Phi) is 5.05. The second-order valence-corrected chi connectivity index (χ2v) is 5.37. The number of carbonyl (C=O) groups excluding carboxylic acids is 1. The number of hydrogen-bond donors (Lipinski definition) is 0. The van der Waals surface area contributed by atoms with Crippen molar-refractivity contribution in [3.8, 4) is 11.1 Å². The Morgan fingerprint density at radius 3 is 2.19 bits per heavy atom. The van der Waals surface area contributed by atoms with Crippen molar-refractivity contribution in [2.45, 2.75) is 6.92 Å². The molecule has 0 atom stereocenters. The molecule has 2 aromatic rings. The van der Waals surface area contributed by atoms with Gasteiger partial charge in [0.15, 0.2) is 0 Å². The van der Waals surface area contributed by atoms with Crippen LogP contribution < -0.4 is 0 Å². The quantitative estimate of drug-likeness (QED) is 0.571. The second-order valence-electron chi connectivity index (χ2n) is 4.56. The fourth-order valence-corrected chi connectivity index (χ4v) is 2.22. The number of halogens is 2. The lowest BCUT2D eigenvalue weighted by atomic mass is 10.0. The van der Waals surface area contributed by atoms with Crippen LogP contribution in [0.2, 0.25) is 10.0 Å². The molecule has 0 amide bonds. The topological polar surface area (TPSA) is 26.3 Å². The number of esters is 1. The Morgan fingerprint density at radius 1 is 1.00 bits per heavy atom. The van der Waals surface area contributed by atoms with Crippen molar-refractivity contribution in [1.29, 1.82) is 0 Å². The van der Waals surface area contributed by atoms with Crippen LogP contribution in [0, 0.1) is 0 Å². The summed E-state index contributed by atoms with van der Waals surface area (Å²) in [7, 11) is 1.36. The molecule has 108 valence electrons. The van der Waals surface area contributed by atoms with E-state index in [1.54, 1.807) is 6.07 Å². The van der Waals surface area contributed by atoms with Gasteiger partial charge in [-0.2, -0.15) is 0 Å². The Labute approximate surface area is 134 Å². The third-order valence-corrected chi connectivity index (χ3v) is 3.87. The molecule has 0 N–H and O–H groups in total. The largest absolute Gasteiger partial charge is 0.466 e. The first-order chi connectivity index (χ1) is 10.0. The van der Waals surface area contributed by atoms with Crippen molar-refractivity contribution < 1.29 is 9.53 Å². The molecule has 0 fully saturated rings. The average Bonchev–Trinajstić information content (AvgIpc) is 2.50. The molecule has 0 saturated carbocycles. The maximum absolute atomic E-state index is 11.2. The zero-order chi connectivity index (χ0) is 15.4. The van der Waals surface area contributed by atoms with Crippen molar-refractivity contribution in [2.24, 2.45) is 0 Å². The van der Waals surface area contributed by atoms with E-state index in [-0.39, 0.29) is 5.97 Å². The van der Waals surface area contributed by atoms with E-state index < -0.39 is 0 Å². The lowest BCUT2D eigenvalue weighted by molar-refractivity contribution is -0.134. The zero-order valence-electron chi connectivity index (χ0n) is 11.7. The highest BCUT2D eigenvalue weighted by molar-refractivity contribution is 6.42. The monoisotopic (exact) mass is 320 g/mol. The number of allylic oxidation sites excluding steroid dienone is 1. The van der Waals surface area contributed by atoms with Crippen LogP contribution in [0.4, 0.5) is 0 Å². The molecule has 21 heavy (non-hydrogen) atoms. The van der Waals surface area contributed by atoms with Gasteiger partial charge in [-0.1, -0.05) is 53.5 Å². The summed E-state index contributed by atoms with van der Waals surface area (Å²) in [5, 5.41) is 1.06. The Balaban J connectivity index is 2.28. The highest BCUT2D eigenvalue weighted by Gasteiger charge is 2.04. The first-order valence-corrected chi connectivity index (χ1v) is 7.09. The minimum atomic E-state index is -0.360. The minimum absolute atomic E-state index is 0.360. The predicted octanol–water partition coefficient (Wildman–Crippen LogP) is 5.24. The van der Waals surface area contributed by atoms with E-state index in [1.807, 2.05) is 43.3 Å². The van der Waals surface area contributed by atoms with Crippen molar-refractivity contribution in [1.82, 2.24) is 0 Å². The van der Waals surface area contributed by atoms with Gasteiger partial charge in [-0.3, -0.25) is 0 Å². The number of hydrogen-bond acceptors (Lipinski definition) is 2. The van der Waals surface area contributed by atoms with E-state index >= 15 is 0 Å². The SMILES string of the molecule is COC(=O)C=C(C)c1ccc(-c2ccc(Cl)c(Cl)c2)cc1. The van der Waals surface area contributed by atoms with Gasteiger partial charge >= 0.3 is 5.97 Å². The van der Waals surface area contributed by atoms with E-state index in [1.165, 1.54) is 13.2 Å². The van der Waals surface area contributed by atoms with Crippen molar-refractivity contribution >= 4 is 34.7 Å². The Hall–Kier alpha value is -1.77. The van der Waals surface area contributed by atoms with Gasteiger partial charge in [0, 0.05) is 6.08 Å². The van der Waals surface area contributed by atoms with E-state index in [4.69, 9.17) is 23.2 Å². The number of carbonyl (C=O) groups is 1. The van der Waals surface area contributed by atoms with Crippen LogP contribution in [0.15, 0.2) is 48.5 Å². The normalized spacial score (nSPS) is 11.3. The smallest absolute Gasteiger partial charge is 0.330 e. The molecule has 0 aliphatic carbocycles. The summed E-state index contributed by atoms with van der Waals surface area (Å²) >= 11 is 11.9. The molecular weight excluding hydrogens is 307 g/mol. The highest BCUT2D eigenvalue weighted by Crippen LogP contribution is 2.29. The van der Waals surface area contributed by atoms with Gasteiger partial charge in [0.05, 0.1) is 17.2 Å². The molecule has 0 heterocycles. The standard InChI is InChI=1S/C17H14Cl2O2/c1-11(9-17(20)21-2)12-3-5-13(6-4-12)14-7-8-15(18)16(19)10-14/h3-10H,1-2H3. The molecule has 0 spiro atoms. The van der Waals surface area contributed by atoms with Gasteiger partial charge in [-0.05, 0) is 41.3 Å². The summed E-state index contributed by atoms with van der Waals surface area (Å²) in [4.78, 5) is 11.2. The summed E-state index contributed by atoms with van der Waals surface area (Å²) < 4.78 is 4.62. The highest BCUT2D eigenvalue weighted by atomic mass is 35.5. The van der Waals surface area contributed by atoms with Crippen molar-refractivity contribution in [3.63, 3.8) is 0 Å². The molecule has 0 aliphatic rings. The van der Waals surface area contributed by atoms with Crippen LogP contribution in [0.25, 0.3) is 16.7 Å². The molecule has 0 saturated heterocycles. The van der Waals surface area contributed by atoms with Gasteiger partial charge in [0.25, 0.3) is 0 Å². The van der Waals surface area contributed by atoms with Gasteiger partial charge < -0.3 is 4.74 Å². The molecule has 2 aromatic carbocycles. The summed E-state index contributed by atoms with van der Waals surface area (Å²) in [5.41, 5.74) is 3.83. The predicted molar refractivity (Wildman–Crippen MR) is 87.6 cm³/mol. The maximum Gasteiger partial charge on any atom is 0.330 e. The zero-order valence-corrected chi connectivity index (χ0v) is 13.2. The molecule has 0 aromatic heterocycles. The van der Waals surface area contributed by atoms with Gasteiger partial charge in [0.2, 0.25) is 0 Å². The average molecular weight is 321 g/mol. The van der Waals surface area contributed by atoms with Gasteiger partial charge in [0.1, 0.15) is 0 Å². The van der Waals surface area contributed by atoms with Gasteiger partial charge in [-0.25, -0.2) is 4.79 Å². The summed E-state index contributed by atoms with van der Waals surface area (Å²) in [6, 6.07) is 13.4. The summed E-state index contributed by atoms with van der Waals surface area (Å²) in [6.45, 7) is 1.87. The number of benzene rings is 2. The number of ether oxygens (including phenoxy) is 1. The molecule has 2 nitrogen and oxygen atoms in total. The second kappa shape index (κ2) is 6.79. The molecular formula is C17H14Cl2O2. The minimum Gasteiger partial charge on any atom is -0.466 e. The van der Waals surface area contributed by atoms with Crippen LogP contribution in [-0.2, 0) is 9.53 Å². The molecule has 4 heteroatoms. The lowest BCUT2D eigenvalue weighted by Crippen LogP contribution is -1.95. The molecule has 2 rings (SSSR count). The third kappa shape index (κ3) is 3.87. The fourth-order valence-electron chi connectivity index (χ4n) is 1.92. The van der Waals surface area contributed by atoms with Crippen LogP contribution in [0.1, 0.15) is 12.5 Å². The summed E-state index contributed by atoms with van der Waals surface area (Å²) in [5.74, 6) is -0.360. The maximum atomic E-state index is 11.2. The van der Waals surface area contributed by atoms with Crippen LogP contribution in [0.3, 0.4) is 0 Å². The van der Waals surface area contributed by atoms with Crippen LogP contribution in [-0.4, -0.2) is 13.1 Å². The van der Waals surface area contributed by atoms with Gasteiger partial charge in [-0.15, -0.1) is 0 Å². The third-order valence-electron chi connectivity index (χ3n) is 3.13. The first kappa shape index (κ1) is 15.6. The number of rotatable bonds is 3. The van der Waals surface area contributed by atoms with Crippen molar-refractivity contribution in [3.05, 3.63) is 64.1 Å². The van der Waals surface area contributed by atoms with E-state index in [0.717, 1.165) is 22.3 Å². The Morgan fingerprint density at radius 2 is 1.62 bits per heavy atom. The fraction of sp³-hybridized carbons (Fsp3) is 0.118. The van der Waals surface area contributed by atoms with E-state index in [2.05, 4.69) is 4.74 Å². The molecule has 0 bridgehead atoms.